The minimum absolute atomic E-state index is 0.491. The predicted molar refractivity (Wildman–Crippen MR) is 78.0 cm³/mol. The molecule has 2 rings (SSSR count). The molecule has 1 aromatic heterocycles. The molecule has 0 atom stereocenters. The molecule has 0 saturated carbocycles. The molecule has 0 spiro atoms. The zero-order valence-electron chi connectivity index (χ0n) is 11.0. The minimum atomic E-state index is -0.497. The molecule has 1 heterocycles. The third-order valence-corrected chi connectivity index (χ3v) is 3.57. The van der Waals surface area contributed by atoms with Crippen LogP contribution < -0.4 is 5.32 Å². The summed E-state index contributed by atoms with van der Waals surface area (Å²) < 4.78 is 4.52. The van der Waals surface area contributed by atoms with Gasteiger partial charge in [0.15, 0.2) is 0 Å². The number of carbonyl (C=O) groups excluding carboxylic acids is 2. The van der Waals surface area contributed by atoms with Crippen molar-refractivity contribution in [3.63, 3.8) is 0 Å². The van der Waals surface area contributed by atoms with Gasteiger partial charge in [0.25, 0.3) is 0 Å². The molecule has 6 heteroatoms. The van der Waals surface area contributed by atoms with E-state index in [1.807, 2.05) is 17.5 Å². The van der Waals surface area contributed by atoms with Crippen LogP contribution in [0.2, 0.25) is 0 Å². The first-order valence-corrected chi connectivity index (χ1v) is 6.94. The Morgan fingerprint density at radius 3 is 2.80 bits per heavy atom. The number of nitrogens with zero attached hydrogens (tertiary/aromatic N) is 1. The molecule has 0 bridgehead atoms. The van der Waals surface area contributed by atoms with Crippen molar-refractivity contribution in [2.24, 2.45) is 0 Å². The number of aryl methyl sites for hydroxylation is 1. The maximum absolute atomic E-state index is 11.1. The quantitative estimate of drug-likeness (QED) is 0.859. The molecule has 0 aliphatic heterocycles. The van der Waals surface area contributed by atoms with Crippen molar-refractivity contribution in [3.8, 4) is 10.6 Å². The first-order valence-electron chi connectivity index (χ1n) is 6.06. The molecule has 0 radical (unpaired) electrons. The Bertz CT molecular complexity index is 593. The summed E-state index contributed by atoms with van der Waals surface area (Å²) in [7, 11) is 1.32. The summed E-state index contributed by atoms with van der Waals surface area (Å²) >= 11 is 1.54. The number of hydrogen-bond donors (Lipinski definition) is 1. The van der Waals surface area contributed by atoms with Gasteiger partial charge in [0, 0.05) is 23.1 Å². The number of anilines is 1. The van der Waals surface area contributed by atoms with Crippen molar-refractivity contribution in [3.05, 3.63) is 35.3 Å². The number of methoxy groups -OCH3 is 1. The van der Waals surface area contributed by atoms with Crippen LogP contribution in [0, 0.1) is 0 Å². The van der Waals surface area contributed by atoms with Crippen LogP contribution in [-0.2, 0) is 16.0 Å². The van der Waals surface area contributed by atoms with Crippen molar-refractivity contribution in [2.45, 2.75) is 12.8 Å². The summed E-state index contributed by atoms with van der Waals surface area (Å²) in [4.78, 5) is 25.9. The molecular weight excluding hydrogens is 276 g/mol. The normalized spacial score (nSPS) is 10.1. The summed E-state index contributed by atoms with van der Waals surface area (Å²) in [5.74, 6) is 0. The predicted octanol–water partition coefficient (Wildman–Crippen LogP) is 3.12. The van der Waals surface area contributed by atoms with E-state index in [4.69, 9.17) is 0 Å². The van der Waals surface area contributed by atoms with Gasteiger partial charge in [-0.25, -0.2) is 9.78 Å². The van der Waals surface area contributed by atoms with Crippen LogP contribution in [0.4, 0.5) is 10.5 Å². The minimum Gasteiger partial charge on any atom is -0.453 e. The van der Waals surface area contributed by atoms with Crippen molar-refractivity contribution in [1.29, 1.82) is 0 Å². The molecule has 0 aliphatic carbocycles. The molecule has 2 aromatic rings. The van der Waals surface area contributed by atoms with E-state index in [2.05, 4.69) is 15.0 Å². The molecule has 1 amide bonds. The fraction of sp³-hybridized carbons (Fsp3) is 0.214. The van der Waals surface area contributed by atoms with E-state index in [0.29, 0.717) is 18.5 Å². The highest BCUT2D eigenvalue weighted by molar-refractivity contribution is 7.13. The Hall–Kier alpha value is -2.21. The van der Waals surface area contributed by atoms with Crippen LogP contribution in [0.15, 0.2) is 29.6 Å². The zero-order chi connectivity index (χ0) is 14.4. The van der Waals surface area contributed by atoms with E-state index in [-0.39, 0.29) is 0 Å². The van der Waals surface area contributed by atoms with Crippen LogP contribution in [0.5, 0.6) is 0 Å². The van der Waals surface area contributed by atoms with Crippen LogP contribution in [0.1, 0.15) is 12.1 Å². The molecule has 1 N–H and O–H groups in total. The van der Waals surface area contributed by atoms with Crippen LogP contribution in [-0.4, -0.2) is 24.5 Å². The lowest BCUT2D eigenvalue weighted by Gasteiger charge is -2.03. The van der Waals surface area contributed by atoms with E-state index in [1.165, 1.54) is 18.4 Å². The highest BCUT2D eigenvalue weighted by Gasteiger charge is 2.06. The second-order valence-corrected chi connectivity index (χ2v) is 4.90. The lowest BCUT2D eigenvalue weighted by molar-refractivity contribution is -0.107. The van der Waals surface area contributed by atoms with Crippen LogP contribution in [0.25, 0.3) is 10.6 Å². The van der Waals surface area contributed by atoms with E-state index in [0.717, 1.165) is 22.6 Å². The summed E-state index contributed by atoms with van der Waals surface area (Å²) in [6.45, 7) is 0. The Morgan fingerprint density at radius 2 is 2.15 bits per heavy atom. The lowest BCUT2D eigenvalue weighted by atomic mass is 10.2. The summed E-state index contributed by atoms with van der Waals surface area (Å²) in [6, 6.07) is 7.35. The topological polar surface area (TPSA) is 68.3 Å². The molecule has 0 saturated heterocycles. The maximum Gasteiger partial charge on any atom is 0.411 e. The van der Waals surface area contributed by atoms with Crippen LogP contribution >= 0.6 is 11.3 Å². The van der Waals surface area contributed by atoms with Crippen molar-refractivity contribution >= 4 is 29.4 Å². The van der Waals surface area contributed by atoms with E-state index in [1.54, 1.807) is 12.1 Å². The number of nitrogens with one attached hydrogen (secondary N) is 1. The first kappa shape index (κ1) is 14.2. The molecule has 5 nitrogen and oxygen atoms in total. The summed E-state index contributed by atoms with van der Waals surface area (Å²) in [5, 5.41) is 5.44. The Kier molecular flexibility index (Phi) is 4.84. The van der Waals surface area contributed by atoms with Crippen LogP contribution in [0.3, 0.4) is 0 Å². The van der Waals surface area contributed by atoms with Gasteiger partial charge < -0.3 is 9.53 Å². The molecule has 0 unspecified atom stereocenters. The number of rotatable bonds is 5. The number of aromatic nitrogens is 1. The van der Waals surface area contributed by atoms with E-state index >= 15 is 0 Å². The van der Waals surface area contributed by atoms with Gasteiger partial charge in [-0.05, 0) is 30.7 Å². The molecule has 0 fully saturated rings. The van der Waals surface area contributed by atoms with Gasteiger partial charge in [-0.15, -0.1) is 11.3 Å². The lowest BCUT2D eigenvalue weighted by Crippen LogP contribution is -2.10. The number of thiazole rings is 1. The fourth-order valence-corrected chi connectivity index (χ4v) is 2.49. The second-order valence-electron chi connectivity index (χ2n) is 4.04. The van der Waals surface area contributed by atoms with Gasteiger partial charge >= 0.3 is 6.09 Å². The Balaban J connectivity index is 2.07. The molecule has 0 aliphatic rings. The Morgan fingerprint density at radius 1 is 1.40 bits per heavy atom. The highest BCUT2D eigenvalue weighted by atomic mass is 32.1. The number of benzene rings is 1. The van der Waals surface area contributed by atoms with Gasteiger partial charge in [-0.2, -0.15) is 0 Å². The van der Waals surface area contributed by atoms with Gasteiger partial charge in [-0.1, -0.05) is 0 Å². The molecular formula is C14H14N2O3S. The van der Waals surface area contributed by atoms with Crippen molar-refractivity contribution in [2.75, 3.05) is 12.4 Å². The fourth-order valence-electron chi connectivity index (χ4n) is 1.63. The smallest absolute Gasteiger partial charge is 0.411 e. The average molecular weight is 290 g/mol. The number of ether oxygens (including phenoxy) is 1. The van der Waals surface area contributed by atoms with E-state index in [9.17, 15) is 9.59 Å². The van der Waals surface area contributed by atoms with Gasteiger partial charge in [0.1, 0.15) is 11.3 Å². The first-order chi connectivity index (χ1) is 9.72. The number of carbonyl (C=O) groups is 2. The highest BCUT2D eigenvalue weighted by Crippen LogP contribution is 2.25. The van der Waals surface area contributed by atoms with E-state index < -0.39 is 6.09 Å². The van der Waals surface area contributed by atoms with Gasteiger partial charge in [-0.3, -0.25) is 5.32 Å². The van der Waals surface area contributed by atoms with Crippen molar-refractivity contribution < 1.29 is 14.3 Å². The number of aldehydes is 1. The third-order valence-electron chi connectivity index (χ3n) is 2.63. The monoisotopic (exact) mass is 290 g/mol. The number of hydrogen-bond acceptors (Lipinski definition) is 5. The van der Waals surface area contributed by atoms with Crippen molar-refractivity contribution in [1.82, 2.24) is 4.98 Å². The number of amides is 1. The largest absolute Gasteiger partial charge is 0.453 e. The standard InChI is InChI=1S/C14H14N2O3S/c1-19-14(18)16-11-6-4-10(5-7-11)13-15-12(9-20-13)3-2-8-17/h4-9H,2-3H2,1H3,(H,16,18). The second kappa shape index (κ2) is 6.81. The Labute approximate surface area is 120 Å². The summed E-state index contributed by atoms with van der Waals surface area (Å²) in [5.41, 5.74) is 2.56. The SMILES string of the molecule is COC(=O)Nc1ccc(-c2nc(CCC=O)cs2)cc1. The van der Waals surface area contributed by atoms with Gasteiger partial charge in [0.05, 0.1) is 12.8 Å². The average Bonchev–Trinajstić information content (AvgIpc) is 2.94. The third kappa shape index (κ3) is 3.64. The molecule has 20 heavy (non-hydrogen) atoms. The zero-order valence-corrected chi connectivity index (χ0v) is 11.8. The molecule has 104 valence electrons. The molecule has 1 aromatic carbocycles. The maximum atomic E-state index is 11.1. The van der Waals surface area contributed by atoms with Gasteiger partial charge in [0.2, 0.25) is 0 Å². The summed E-state index contributed by atoms with van der Waals surface area (Å²) in [6.07, 6.45) is 1.56.